The number of amides is 1. The fourth-order valence-electron chi connectivity index (χ4n) is 4.00. The molecule has 31 heavy (non-hydrogen) atoms. The van der Waals surface area contributed by atoms with Crippen molar-refractivity contribution in [2.75, 3.05) is 4.90 Å². The van der Waals surface area contributed by atoms with E-state index in [1.165, 1.54) is 17.9 Å². The highest BCUT2D eigenvalue weighted by Gasteiger charge is 2.51. The Kier molecular flexibility index (Phi) is 5.62. The minimum Gasteiger partial charge on any atom is -0.461 e. The average molecular weight is 482 g/mol. The molecule has 1 N–H and O–H groups in total. The van der Waals surface area contributed by atoms with Crippen LogP contribution in [0.3, 0.4) is 0 Å². The number of rotatable bonds is 6. The molecule has 1 amide bonds. The van der Waals surface area contributed by atoms with Crippen molar-refractivity contribution in [3.63, 3.8) is 0 Å². The van der Waals surface area contributed by atoms with Crippen molar-refractivity contribution >= 4 is 33.3 Å². The van der Waals surface area contributed by atoms with Crippen LogP contribution in [0.25, 0.3) is 0 Å². The zero-order valence-electron chi connectivity index (χ0n) is 17.7. The number of benzene rings is 2. The van der Waals surface area contributed by atoms with Crippen LogP contribution >= 0.6 is 15.9 Å². The molecule has 4 rings (SSSR count). The smallest absolute Gasteiger partial charge is 0.264 e. The zero-order valence-corrected chi connectivity index (χ0v) is 19.3. The van der Waals surface area contributed by atoms with Crippen LogP contribution in [-0.4, -0.2) is 16.8 Å². The molecule has 2 heterocycles. The summed E-state index contributed by atoms with van der Waals surface area (Å²) in [6.45, 7) is 6.58. The number of furan rings is 1. The Labute approximate surface area is 189 Å². The number of halogens is 1. The summed E-state index contributed by atoms with van der Waals surface area (Å²) in [4.78, 5) is 27.8. The van der Waals surface area contributed by atoms with Gasteiger partial charge in [0, 0.05) is 10.0 Å². The molecular weight excluding hydrogens is 458 g/mol. The van der Waals surface area contributed by atoms with Crippen molar-refractivity contribution in [1.29, 1.82) is 0 Å². The van der Waals surface area contributed by atoms with Crippen molar-refractivity contribution in [3.05, 3.63) is 87.3 Å². The standard InChI is InChI=1S/C25H24BrNO4/c1-15(2)17-7-6-16(3)18(11-17)14-27-21-9-8-19(26)12-20(21)25(30,24(27)29)13-22(28)23-5-4-10-31-23/h4-12,15,30H,13-14H2,1-3H3. The van der Waals surface area contributed by atoms with E-state index in [1.807, 2.05) is 13.0 Å². The predicted molar refractivity (Wildman–Crippen MR) is 122 cm³/mol. The first-order valence-electron chi connectivity index (χ1n) is 10.2. The summed E-state index contributed by atoms with van der Waals surface area (Å²) in [6, 6.07) is 14.7. The van der Waals surface area contributed by atoms with E-state index in [0.717, 1.165) is 15.6 Å². The lowest BCUT2D eigenvalue weighted by molar-refractivity contribution is -0.136. The van der Waals surface area contributed by atoms with E-state index in [2.05, 4.69) is 48.0 Å². The fourth-order valence-corrected chi connectivity index (χ4v) is 4.36. The Balaban J connectivity index is 1.73. The maximum atomic E-state index is 13.5. The molecule has 3 aromatic rings. The van der Waals surface area contributed by atoms with Crippen LogP contribution in [0, 0.1) is 6.92 Å². The number of nitrogens with zero attached hydrogens (tertiary/aromatic N) is 1. The highest BCUT2D eigenvalue weighted by Crippen LogP contribution is 2.45. The molecule has 160 valence electrons. The van der Waals surface area contributed by atoms with Gasteiger partial charge < -0.3 is 14.4 Å². The summed E-state index contributed by atoms with van der Waals surface area (Å²) < 4.78 is 5.90. The van der Waals surface area contributed by atoms with E-state index < -0.39 is 17.3 Å². The minimum absolute atomic E-state index is 0.122. The Morgan fingerprint density at radius 2 is 1.97 bits per heavy atom. The Morgan fingerprint density at radius 3 is 2.65 bits per heavy atom. The maximum absolute atomic E-state index is 13.5. The number of Topliss-reactive ketones (excluding diaryl/α,β-unsaturated/α-hetero) is 1. The summed E-state index contributed by atoms with van der Waals surface area (Å²) in [5, 5.41) is 11.5. The third-order valence-electron chi connectivity index (χ3n) is 5.87. The molecule has 1 aromatic heterocycles. The summed E-state index contributed by atoms with van der Waals surface area (Å²) >= 11 is 3.42. The van der Waals surface area contributed by atoms with Gasteiger partial charge in [-0.25, -0.2) is 0 Å². The number of carbonyl (C=O) groups is 2. The summed E-state index contributed by atoms with van der Waals surface area (Å²) in [6.07, 6.45) is 1.01. The molecule has 0 saturated carbocycles. The van der Waals surface area contributed by atoms with Gasteiger partial charge >= 0.3 is 0 Å². The number of hydrogen-bond donors (Lipinski definition) is 1. The van der Waals surface area contributed by atoms with Crippen LogP contribution in [0.1, 0.15) is 59.0 Å². The van der Waals surface area contributed by atoms with Crippen LogP contribution in [0.5, 0.6) is 0 Å². The molecule has 2 aromatic carbocycles. The van der Waals surface area contributed by atoms with E-state index in [9.17, 15) is 14.7 Å². The van der Waals surface area contributed by atoms with Crippen LogP contribution in [0.4, 0.5) is 5.69 Å². The van der Waals surface area contributed by atoms with Gasteiger partial charge in [0.2, 0.25) is 5.78 Å². The molecule has 0 fully saturated rings. The van der Waals surface area contributed by atoms with Crippen LogP contribution in [-0.2, 0) is 16.9 Å². The lowest BCUT2D eigenvalue weighted by atomic mass is 9.89. The number of fused-ring (bicyclic) bond motifs is 1. The van der Waals surface area contributed by atoms with Gasteiger partial charge in [-0.1, -0.05) is 48.0 Å². The van der Waals surface area contributed by atoms with E-state index >= 15 is 0 Å². The van der Waals surface area contributed by atoms with Crippen molar-refractivity contribution in [2.45, 2.75) is 45.3 Å². The Morgan fingerprint density at radius 1 is 1.19 bits per heavy atom. The molecule has 6 heteroatoms. The number of anilines is 1. The molecule has 0 aliphatic carbocycles. The number of aryl methyl sites for hydroxylation is 1. The second kappa shape index (κ2) is 8.09. The van der Waals surface area contributed by atoms with Gasteiger partial charge in [-0.15, -0.1) is 0 Å². The molecule has 0 saturated heterocycles. The van der Waals surface area contributed by atoms with Gasteiger partial charge in [0.1, 0.15) is 0 Å². The molecule has 1 atom stereocenters. The topological polar surface area (TPSA) is 70.8 Å². The van der Waals surface area contributed by atoms with Crippen molar-refractivity contribution < 1.29 is 19.1 Å². The van der Waals surface area contributed by atoms with E-state index in [4.69, 9.17) is 4.42 Å². The summed E-state index contributed by atoms with van der Waals surface area (Å²) in [5.74, 6) is -0.446. The first-order chi connectivity index (χ1) is 14.7. The third kappa shape index (κ3) is 3.86. The predicted octanol–water partition coefficient (Wildman–Crippen LogP) is 5.48. The van der Waals surface area contributed by atoms with Crippen molar-refractivity contribution in [3.8, 4) is 0 Å². The lowest BCUT2D eigenvalue weighted by Crippen LogP contribution is -2.41. The highest BCUT2D eigenvalue weighted by molar-refractivity contribution is 9.10. The molecule has 0 bridgehead atoms. The van der Waals surface area contributed by atoms with Crippen molar-refractivity contribution in [1.82, 2.24) is 0 Å². The van der Waals surface area contributed by atoms with E-state index in [-0.39, 0.29) is 12.2 Å². The molecule has 0 spiro atoms. The number of hydrogen-bond acceptors (Lipinski definition) is 4. The Hall–Kier alpha value is -2.70. The Bertz CT molecular complexity index is 1150. The molecule has 1 aliphatic rings. The van der Waals surface area contributed by atoms with Gasteiger partial charge in [-0.2, -0.15) is 0 Å². The largest absolute Gasteiger partial charge is 0.461 e. The summed E-state index contributed by atoms with van der Waals surface area (Å²) in [7, 11) is 0. The first kappa shape index (κ1) is 21.5. The average Bonchev–Trinajstić information content (AvgIpc) is 3.33. The molecule has 0 radical (unpaired) electrons. The van der Waals surface area contributed by atoms with Gasteiger partial charge in [-0.3, -0.25) is 9.59 Å². The van der Waals surface area contributed by atoms with Crippen molar-refractivity contribution in [2.24, 2.45) is 0 Å². The van der Waals surface area contributed by atoms with Crippen LogP contribution < -0.4 is 4.90 Å². The fraction of sp³-hybridized carbons (Fsp3) is 0.280. The zero-order chi connectivity index (χ0) is 22.3. The SMILES string of the molecule is Cc1ccc(C(C)C)cc1CN1C(=O)C(O)(CC(=O)c2ccco2)c2cc(Br)ccc21. The molecule has 5 nitrogen and oxygen atoms in total. The number of aliphatic hydroxyl groups is 1. The van der Waals surface area contributed by atoms with Gasteiger partial charge in [0.05, 0.1) is 24.9 Å². The molecular formula is C25H24BrNO4. The second-order valence-corrected chi connectivity index (χ2v) is 9.25. The first-order valence-corrected chi connectivity index (χ1v) is 11.0. The maximum Gasteiger partial charge on any atom is 0.264 e. The highest BCUT2D eigenvalue weighted by atomic mass is 79.9. The minimum atomic E-state index is -1.95. The van der Waals surface area contributed by atoms with Gasteiger partial charge in [-0.05, 0) is 59.9 Å². The number of carbonyl (C=O) groups excluding carboxylic acids is 2. The summed E-state index contributed by atoms with van der Waals surface area (Å²) in [5.41, 5.74) is 2.34. The van der Waals surface area contributed by atoms with E-state index in [1.54, 1.807) is 23.1 Å². The normalized spacial score (nSPS) is 18.0. The van der Waals surface area contributed by atoms with Crippen LogP contribution in [0.15, 0.2) is 63.7 Å². The quantitative estimate of drug-likeness (QED) is 0.473. The second-order valence-electron chi connectivity index (χ2n) is 8.33. The van der Waals surface area contributed by atoms with Gasteiger partial charge in [0.25, 0.3) is 5.91 Å². The van der Waals surface area contributed by atoms with Gasteiger partial charge in [0.15, 0.2) is 11.4 Å². The van der Waals surface area contributed by atoms with Crippen LogP contribution in [0.2, 0.25) is 0 Å². The lowest BCUT2D eigenvalue weighted by Gasteiger charge is -2.23. The number of ketones is 1. The molecule has 1 aliphatic heterocycles. The molecule has 1 unspecified atom stereocenters. The monoisotopic (exact) mass is 481 g/mol. The third-order valence-corrected chi connectivity index (χ3v) is 6.37. The van der Waals surface area contributed by atoms with E-state index in [0.29, 0.717) is 23.7 Å².